The number of amides is 1. The minimum atomic E-state index is -0.263. The van der Waals surface area contributed by atoms with E-state index in [1.807, 2.05) is 25.1 Å². The first-order valence-electron chi connectivity index (χ1n) is 7.31. The van der Waals surface area contributed by atoms with E-state index in [1.165, 1.54) is 6.07 Å². The van der Waals surface area contributed by atoms with E-state index >= 15 is 0 Å². The van der Waals surface area contributed by atoms with E-state index < -0.39 is 0 Å². The van der Waals surface area contributed by atoms with Crippen molar-refractivity contribution >= 4 is 5.91 Å². The molecular weight excluding hydrogens is 281 g/mol. The standard InChI is InChI=1S/C18H18FNO2/c1-12-6-7-13(16(19)10-12)11-22-17-5-3-4-15-14(17)8-9-20(2)18(15)21/h3-7,10H,8-9,11H2,1-2H3. The zero-order valence-corrected chi connectivity index (χ0v) is 12.7. The van der Waals surface area contributed by atoms with Crippen LogP contribution in [0.2, 0.25) is 0 Å². The van der Waals surface area contributed by atoms with Crippen LogP contribution in [0.3, 0.4) is 0 Å². The average molecular weight is 299 g/mol. The number of nitrogens with zero attached hydrogens (tertiary/aromatic N) is 1. The first-order valence-corrected chi connectivity index (χ1v) is 7.31. The van der Waals surface area contributed by atoms with Crippen LogP contribution in [0.5, 0.6) is 5.75 Å². The molecule has 0 aliphatic carbocycles. The molecule has 0 radical (unpaired) electrons. The van der Waals surface area contributed by atoms with Crippen LogP contribution in [-0.2, 0) is 13.0 Å². The van der Waals surface area contributed by atoms with Crippen molar-refractivity contribution in [1.82, 2.24) is 4.90 Å². The van der Waals surface area contributed by atoms with Gasteiger partial charge >= 0.3 is 0 Å². The Labute approximate surface area is 129 Å². The lowest BCUT2D eigenvalue weighted by Crippen LogP contribution is -2.34. The molecule has 0 saturated carbocycles. The van der Waals surface area contributed by atoms with E-state index in [1.54, 1.807) is 24.1 Å². The van der Waals surface area contributed by atoms with E-state index in [0.29, 0.717) is 23.4 Å². The largest absolute Gasteiger partial charge is 0.488 e. The topological polar surface area (TPSA) is 29.5 Å². The van der Waals surface area contributed by atoms with Crippen LogP contribution in [0.4, 0.5) is 4.39 Å². The average Bonchev–Trinajstić information content (AvgIpc) is 2.50. The second kappa shape index (κ2) is 5.79. The summed E-state index contributed by atoms with van der Waals surface area (Å²) in [6.45, 7) is 2.68. The van der Waals surface area contributed by atoms with Crippen molar-refractivity contribution in [1.29, 1.82) is 0 Å². The van der Waals surface area contributed by atoms with Crippen LogP contribution in [0.1, 0.15) is 27.0 Å². The second-order valence-electron chi connectivity index (χ2n) is 5.64. The van der Waals surface area contributed by atoms with Gasteiger partial charge in [-0.3, -0.25) is 4.79 Å². The SMILES string of the molecule is Cc1ccc(COc2cccc3c2CCN(C)C3=O)c(F)c1. The van der Waals surface area contributed by atoms with Gasteiger partial charge in [0.1, 0.15) is 18.2 Å². The van der Waals surface area contributed by atoms with Crippen molar-refractivity contribution in [2.45, 2.75) is 20.0 Å². The Balaban J connectivity index is 1.83. The van der Waals surface area contributed by atoms with Gasteiger partial charge in [0, 0.05) is 30.3 Å². The number of hydrogen-bond acceptors (Lipinski definition) is 2. The van der Waals surface area contributed by atoms with Gasteiger partial charge < -0.3 is 9.64 Å². The summed E-state index contributed by atoms with van der Waals surface area (Å²) in [4.78, 5) is 13.8. The maximum atomic E-state index is 13.9. The molecule has 4 heteroatoms. The van der Waals surface area contributed by atoms with Gasteiger partial charge in [-0.15, -0.1) is 0 Å². The molecule has 0 aromatic heterocycles. The van der Waals surface area contributed by atoms with Gasteiger partial charge in [-0.2, -0.15) is 0 Å². The number of carbonyl (C=O) groups excluding carboxylic acids is 1. The number of ether oxygens (including phenoxy) is 1. The smallest absolute Gasteiger partial charge is 0.254 e. The van der Waals surface area contributed by atoms with Crippen molar-refractivity contribution in [3.63, 3.8) is 0 Å². The number of likely N-dealkylation sites (N-methyl/N-ethyl adjacent to an activating group) is 1. The van der Waals surface area contributed by atoms with Gasteiger partial charge in [-0.25, -0.2) is 4.39 Å². The Morgan fingerprint density at radius 1 is 1.27 bits per heavy atom. The fraction of sp³-hybridized carbons (Fsp3) is 0.278. The molecule has 1 heterocycles. The molecule has 3 nitrogen and oxygen atoms in total. The molecule has 2 aromatic rings. The van der Waals surface area contributed by atoms with Gasteiger partial charge in [0.25, 0.3) is 5.91 Å². The van der Waals surface area contributed by atoms with Crippen molar-refractivity contribution in [3.8, 4) is 5.75 Å². The number of aryl methyl sites for hydroxylation is 1. The Morgan fingerprint density at radius 3 is 2.86 bits per heavy atom. The lowest BCUT2D eigenvalue weighted by atomic mass is 9.98. The number of carbonyl (C=O) groups is 1. The molecule has 2 aromatic carbocycles. The highest BCUT2D eigenvalue weighted by Gasteiger charge is 2.24. The second-order valence-corrected chi connectivity index (χ2v) is 5.64. The number of rotatable bonds is 3. The minimum absolute atomic E-state index is 0.00761. The Morgan fingerprint density at radius 2 is 2.09 bits per heavy atom. The third-order valence-electron chi connectivity index (χ3n) is 4.00. The third-order valence-corrected chi connectivity index (χ3v) is 4.00. The molecular formula is C18H18FNO2. The molecule has 0 atom stereocenters. The summed E-state index contributed by atoms with van der Waals surface area (Å²) in [5, 5.41) is 0. The summed E-state index contributed by atoms with van der Waals surface area (Å²) < 4.78 is 19.6. The van der Waals surface area contributed by atoms with Gasteiger partial charge in [0.2, 0.25) is 0 Å². The van der Waals surface area contributed by atoms with E-state index in [9.17, 15) is 9.18 Å². The van der Waals surface area contributed by atoms with E-state index in [4.69, 9.17) is 4.74 Å². The summed E-state index contributed by atoms with van der Waals surface area (Å²) in [6.07, 6.45) is 0.754. The van der Waals surface area contributed by atoms with Crippen LogP contribution in [0.15, 0.2) is 36.4 Å². The zero-order valence-electron chi connectivity index (χ0n) is 12.7. The third kappa shape index (κ3) is 2.69. The van der Waals surface area contributed by atoms with Gasteiger partial charge in [0.15, 0.2) is 0 Å². The maximum Gasteiger partial charge on any atom is 0.254 e. The molecule has 0 saturated heterocycles. The summed E-state index contributed by atoms with van der Waals surface area (Å²) in [7, 11) is 1.79. The highest BCUT2D eigenvalue weighted by Crippen LogP contribution is 2.28. The van der Waals surface area contributed by atoms with Crippen LogP contribution >= 0.6 is 0 Å². The van der Waals surface area contributed by atoms with Crippen LogP contribution in [0.25, 0.3) is 0 Å². The predicted molar refractivity (Wildman–Crippen MR) is 82.6 cm³/mol. The van der Waals surface area contributed by atoms with Gasteiger partial charge in [-0.1, -0.05) is 18.2 Å². The molecule has 22 heavy (non-hydrogen) atoms. The van der Waals surface area contributed by atoms with Crippen LogP contribution in [-0.4, -0.2) is 24.4 Å². The van der Waals surface area contributed by atoms with Gasteiger partial charge in [-0.05, 0) is 37.1 Å². The van der Waals surface area contributed by atoms with Gasteiger partial charge in [0.05, 0.1) is 0 Å². The van der Waals surface area contributed by atoms with Crippen LogP contribution in [0, 0.1) is 12.7 Å². The predicted octanol–water partition coefficient (Wildman–Crippen LogP) is 3.34. The molecule has 0 bridgehead atoms. The molecule has 0 spiro atoms. The van der Waals surface area contributed by atoms with E-state index in [0.717, 1.165) is 17.5 Å². The highest BCUT2D eigenvalue weighted by molar-refractivity contribution is 5.97. The Kier molecular flexibility index (Phi) is 3.84. The van der Waals surface area contributed by atoms with Crippen LogP contribution < -0.4 is 4.74 Å². The van der Waals surface area contributed by atoms with Crippen molar-refractivity contribution in [2.75, 3.05) is 13.6 Å². The fourth-order valence-electron chi connectivity index (χ4n) is 2.67. The molecule has 1 aliphatic heterocycles. The number of halogens is 1. The van der Waals surface area contributed by atoms with Crippen molar-refractivity contribution in [2.24, 2.45) is 0 Å². The maximum absolute atomic E-state index is 13.9. The Hall–Kier alpha value is -2.36. The number of hydrogen-bond donors (Lipinski definition) is 0. The molecule has 0 fully saturated rings. The molecule has 1 aliphatic rings. The summed E-state index contributed by atoms with van der Waals surface area (Å²) in [5.41, 5.74) is 2.99. The first kappa shape index (κ1) is 14.6. The summed E-state index contributed by atoms with van der Waals surface area (Å²) in [5.74, 6) is 0.410. The first-order chi connectivity index (χ1) is 10.6. The minimum Gasteiger partial charge on any atom is -0.488 e. The fourth-order valence-corrected chi connectivity index (χ4v) is 2.67. The monoisotopic (exact) mass is 299 g/mol. The lowest BCUT2D eigenvalue weighted by molar-refractivity contribution is 0.0779. The number of benzene rings is 2. The summed E-state index contributed by atoms with van der Waals surface area (Å²) in [6, 6.07) is 10.5. The molecule has 0 N–H and O–H groups in total. The Bertz CT molecular complexity index is 727. The summed E-state index contributed by atoms with van der Waals surface area (Å²) >= 11 is 0. The molecule has 3 rings (SSSR count). The van der Waals surface area contributed by atoms with E-state index in [2.05, 4.69) is 0 Å². The molecule has 0 unspecified atom stereocenters. The highest BCUT2D eigenvalue weighted by atomic mass is 19.1. The van der Waals surface area contributed by atoms with E-state index in [-0.39, 0.29) is 18.3 Å². The van der Waals surface area contributed by atoms with Crippen molar-refractivity contribution in [3.05, 3.63) is 64.5 Å². The number of fused-ring (bicyclic) bond motifs is 1. The van der Waals surface area contributed by atoms with Crippen molar-refractivity contribution < 1.29 is 13.9 Å². The normalized spacial score (nSPS) is 14.0. The molecule has 114 valence electrons. The zero-order chi connectivity index (χ0) is 15.7. The lowest BCUT2D eigenvalue weighted by Gasteiger charge is -2.26. The quantitative estimate of drug-likeness (QED) is 0.870. The molecule has 1 amide bonds.